The van der Waals surface area contributed by atoms with Crippen molar-refractivity contribution in [2.24, 2.45) is 0 Å². The molecule has 0 aliphatic heterocycles. The number of pyridine rings is 1. The van der Waals surface area contributed by atoms with Crippen LogP contribution in [0.2, 0.25) is 0 Å². The van der Waals surface area contributed by atoms with Crippen LogP contribution in [-0.4, -0.2) is 30.3 Å². The van der Waals surface area contributed by atoms with Crippen molar-refractivity contribution in [3.8, 4) is 22.6 Å². The Kier molecular flexibility index (Phi) is 3.66. The Balaban J connectivity index is 2.62. The molecule has 0 spiro atoms. The number of ether oxygens (including phenoxy) is 2. The Bertz CT molecular complexity index is 610. The Morgan fingerprint density at radius 3 is 2.58 bits per heavy atom. The van der Waals surface area contributed by atoms with Gasteiger partial charge in [0.25, 0.3) is 0 Å². The molecule has 1 aromatic carbocycles. The fraction of sp³-hybridized carbons (Fsp3) is 0.143. The normalized spacial score (nSPS) is 10.0. The summed E-state index contributed by atoms with van der Waals surface area (Å²) >= 11 is 0. The van der Waals surface area contributed by atoms with Crippen LogP contribution in [0.5, 0.6) is 11.5 Å². The van der Waals surface area contributed by atoms with E-state index in [9.17, 15) is 9.90 Å². The lowest BCUT2D eigenvalue weighted by atomic mass is 10.0. The van der Waals surface area contributed by atoms with Crippen molar-refractivity contribution in [3.63, 3.8) is 0 Å². The third kappa shape index (κ3) is 2.49. The van der Waals surface area contributed by atoms with Crippen molar-refractivity contribution >= 4 is 5.97 Å². The summed E-state index contributed by atoms with van der Waals surface area (Å²) in [5, 5.41) is 9.20. The molecule has 0 unspecified atom stereocenters. The van der Waals surface area contributed by atoms with Gasteiger partial charge in [-0.15, -0.1) is 0 Å². The summed E-state index contributed by atoms with van der Waals surface area (Å²) in [5.74, 6) is 0.173. The first-order valence-electron chi connectivity index (χ1n) is 5.57. The van der Waals surface area contributed by atoms with E-state index in [1.807, 2.05) is 0 Å². The van der Waals surface area contributed by atoms with E-state index < -0.39 is 5.97 Å². The van der Waals surface area contributed by atoms with Gasteiger partial charge in [-0.1, -0.05) is 0 Å². The highest BCUT2D eigenvalue weighted by Gasteiger charge is 2.15. The second-order valence-electron chi connectivity index (χ2n) is 3.79. The van der Waals surface area contributed by atoms with Gasteiger partial charge in [-0.3, -0.25) is 4.98 Å². The van der Waals surface area contributed by atoms with E-state index in [4.69, 9.17) is 9.47 Å². The van der Waals surface area contributed by atoms with E-state index in [1.165, 1.54) is 25.6 Å². The molecule has 19 heavy (non-hydrogen) atoms. The van der Waals surface area contributed by atoms with Crippen molar-refractivity contribution in [3.05, 3.63) is 42.2 Å². The van der Waals surface area contributed by atoms with Crippen molar-refractivity contribution in [1.29, 1.82) is 0 Å². The van der Waals surface area contributed by atoms with Crippen LogP contribution in [0.3, 0.4) is 0 Å². The SMILES string of the molecule is COc1ccc(-c2cnccc2C(=O)O)c(OC)c1. The van der Waals surface area contributed by atoms with Crippen LogP contribution in [0, 0.1) is 0 Å². The standard InChI is InChI=1S/C14H13NO4/c1-18-9-3-4-10(13(7-9)19-2)12-8-15-6-5-11(12)14(16)17/h3-8H,1-2H3,(H,16,17). The lowest BCUT2D eigenvalue weighted by Crippen LogP contribution is -2.01. The molecule has 0 bridgehead atoms. The Labute approximate surface area is 110 Å². The molecular formula is C14H13NO4. The van der Waals surface area contributed by atoms with Gasteiger partial charge in [0.15, 0.2) is 0 Å². The van der Waals surface area contributed by atoms with Gasteiger partial charge in [-0.05, 0) is 18.2 Å². The van der Waals surface area contributed by atoms with Crippen LogP contribution < -0.4 is 9.47 Å². The minimum Gasteiger partial charge on any atom is -0.497 e. The average molecular weight is 259 g/mol. The molecule has 5 nitrogen and oxygen atoms in total. The highest BCUT2D eigenvalue weighted by atomic mass is 16.5. The molecule has 0 saturated heterocycles. The minimum absolute atomic E-state index is 0.179. The average Bonchev–Trinajstić information content (AvgIpc) is 2.46. The topological polar surface area (TPSA) is 68.7 Å². The number of carbonyl (C=O) groups is 1. The summed E-state index contributed by atoms with van der Waals surface area (Å²) in [6, 6.07) is 6.66. The number of hydrogen-bond donors (Lipinski definition) is 1. The zero-order valence-corrected chi connectivity index (χ0v) is 10.6. The largest absolute Gasteiger partial charge is 0.497 e. The monoisotopic (exact) mass is 259 g/mol. The molecule has 0 aliphatic carbocycles. The highest BCUT2D eigenvalue weighted by molar-refractivity contribution is 5.96. The molecule has 5 heteroatoms. The molecule has 0 aliphatic rings. The van der Waals surface area contributed by atoms with E-state index in [0.717, 1.165) is 0 Å². The second kappa shape index (κ2) is 5.39. The van der Waals surface area contributed by atoms with Gasteiger partial charge >= 0.3 is 5.97 Å². The zero-order chi connectivity index (χ0) is 13.8. The van der Waals surface area contributed by atoms with Gasteiger partial charge < -0.3 is 14.6 Å². The van der Waals surface area contributed by atoms with Crippen LogP contribution in [0.25, 0.3) is 11.1 Å². The molecule has 98 valence electrons. The van der Waals surface area contributed by atoms with E-state index >= 15 is 0 Å². The summed E-state index contributed by atoms with van der Waals surface area (Å²) < 4.78 is 10.4. The lowest BCUT2D eigenvalue weighted by molar-refractivity contribution is 0.0697. The van der Waals surface area contributed by atoms with Crippen LogP contribution >= 0.6 is 0 Å². The van der Waals surface area contributed by atoms with E-state index in [-0.39, 0.29) is 5.56 Å². The smallest absolute Gasteiger partial charge is 0.336 e. The minimum atomic E-state index is -1.00. The molecular weight excluding hydrogens is 246 g/mol. The molecule has 0 radical (unpaired) electrons. The van der Waals surface area contributed by atoms with Gasteiger partial charge in [-0.2, -0.15) is 0 Å². The number of methoxy groups -OCH3 is 2. The van der Waals surface area contributed by atoms with Gasteiger partial charge in [0, 0.05) is 29.6 Å². The number of nitrogens with zero attached hydrogens (tertiary/aromatic N) is 1. The maximum Gasteiger partial charge on any atom is 0.336 e. The summed E-state index contributed by atoms with van der Waals surface area (Å²) in [7, 11) is 3.08. The van der Waals surface area contributed by atoms with Crippen LogP contribution in [0.1, 0.15) is 10.4 Å². The maximum atomic E-state index is 11.2. The summed E-state index contributed by atoms with van der Waals surface area (Å²) in [6.45, 7) is 0. The molecule has 1 heterocycles. The molecule has 0 fully saturated rings. The quantitative estimate of drug-likeness (QED) is 0.913. The number of aromatic carboxylic acids is 1. The van der Waals surface area contributed by atoms with Crippen molar-refractivity contribution in [2.45, 2.75) is 0 Å². The van der Waals surface area contributed by atoms with Gasteiger partial charge in [-0.25, -0.2) is 4.79 Å². The zero-order valence-electron chi connectivity index (χ0n) is 10.6. The van der Waals surface area contributed by atoms with E-state index in [0.29, 0.717) is 22.6 Å². The molecule has 1 aromatic heterocycles. The Morgan fingerprint density at radius 2 is 1.95 bits per heavy atom. The van der Waals surface area contributed by atoms with Crippen molar-refractivity contribution in [2.75, 3.05) is 14.2 Å². The first-order valence-corrected chi connectivity index (χ1v) is 5.57. The molecule has 0 saturated carbocycles. The first kappa shape index (κ1) is 12.9. The lowest BCUT2D eigenvalue weighted by Gasteiger charge is -2.12. The first-order chi connectivity index (χ1) is 9.17. The predicted molar refractivity (Wildman–Crippen MR) is 69.7 cm³/mol. The Hall–Kier alpha value is -2.56. The van der Waals surface area contributed by atoms with Gasteiger partial charge in [0.05, 0.1) is 19.8 Å². The second-order valence-corrected chi connectivity index (χ2v) is 3.79. The summed E-state index contributed by atoms with van der Waals surface area (Å²) in [6.07, 6.45) is 2.96. The Morgan fingerprint density at radius 1 is 1.16 bits per heavy atom. The number of rotatable bonds is 4. The third-order valence-electron chi connectivity index (χ3n) is 2.75. The molecule has 2 aromatic rings. The van der Waals surface area contributed by atoms with Crippen molar-refractivity contribution < 1.29 is 19.4 Å². The van der Waals surface area contributed by atoms with Gasteiger partial charge in [0.2, 0.25) is 0 Å². The van der Waals surface area contributed by atoms with E-state index in [2.05, 4.69) is 4.98 Å². The van der Waals surface area contributed by atoms with E-state index in [1.54, 1.807) is 25.3 Å². The molecule has 1 N–H and O–H groups in total. The number of benzene rings is 1. The number of aromatic nitrogens is 1. The predicted octanol–water partition coefficient (Wildman–Crippen LogP) is 2.46. The highest BCUT2D eigenvalue weighted by Crippen LogP contribution is 2.34. The summed E-state index contributed by atoms with van der Waals surface area (Å²) in [4.78, 5) is 15.2. The fourth-order valence-electron chi connectivity index (χ4n) is 1.82. The molecule has 0 atom stereocenters. The van der Waals surface area contributed by atoms with Crippen LogP contribution in [0.15, 0.2) is 36.7 Å². The van der Waals surface area contributed by atoms with Gasteiger partial charge in [0.1, 0.15) is 11.5 Å². The van der Waals surface area contributed by atoms with Crippen LogP contribution in [-0.2, 0) is 0 Å². The fourth-order valence-corrected chi connectivity index (χ4v) is 1.82. The van der Waals surface area contributed by atoms with Crippen molar-refractivity contribution in [1.82, 2.24) is 4.98 Å². The number of hydrogen-bond acceptors (Lipinski definition) is 4. The molecule has 2 rings (SSSR count). The summed E-state index contributed by atoms with van der Waals surface area (Å²) in [5.41, 5.74) is 1.35. The maximum absolute atomic E-state index is 11.2. The number of carboxylic acid groups (broad SMARTS) is 1. The third-order valence-corrected chi connectivity index (χ3v) is 2.75. The number of carboxylic acids is 1. The van der Waals surface area contributed by atoms with Crippen LogP contribution in [0.4, 0.5) is 0 Å². The molecule has 0 amide bonds.